The maximum absolute atomic E-state index is 13.1. The lowest BCUT2D eigenvalue weighted by Gasteiger charge is -2.32. The maximum Gasteiger partial charge on any atom is 0.129 e. The first-order valence-electron chi connectivity index (χ1n) is 4.32. The molecule has 1 nitrogen and oxygen atoms in total. The van der Waals surface area contributed by atoms with E-state index >= 15 is 0 Å². The third-order valence-electron chi connectivity index (χ3n) is 2.61. The van der Waals surface area contributed by atoms with Gasteiger partial charge in [0.2, 0.25) is 0 Å². The number of halogens is 2. The van der Waals surface area contributed by atoms with Crippen LogP contribution in [0.3, 0.4) is 0 Å². The van der Waals surface area contributed by atoms with Gasteiger partial charge in [0.25, 0.3) is 0 Å². The molecule has 0 bridgehead atoms. The zero-order valence-electron chi connectivity index (χ0n) is 7.00. The maximum atomic E-state index is 13.1. The summed E-state index contributed by atoms with van der Waals surface area (Å²) in [7, 11) is 0. The van der Waals surface area contributed by atoms with Gasteiger partial charge in [-0.05, 0) is 25.0 Å². The minimum Gasteiger partial charge on any atom is -0.392 e. The Morgan fingerprint density at radius 1 is 1.15 bits per heavy atom. The van der Waals surface area contributed by atoms with E-state index in [1.807, 2.05) is 0 Å². The summed E-state index contributed by atoms with van der Waals surface area (Å²) >= 11 is 0. The molecule has 0 heterocycles. The van der Waals surface area contributed by atoms with Crippen molar-refractivity contribution in [1.82, 2.24) is 0 Å². The van der Waals surface area contributed by atoms with Crippen LogP contribution < -0.4 is 0 Å². The third-order valence-corrected chi connectivity index (χ3v) is 2.61. The lowest BCUT2D eigenvalue weighted by Crippen LogP contribution is -2.30. The highest BCUT2D eigenvalue weighted by Crippen LogP contribution is 2.39. The number of aliphatic hydroxyl groups excluding tert-OH is 1. The molecule has 0 aliphatic heterocycles. The van der Waals surface area contributed by atoms with Gasteiger partial charge in [0.05, 0.1) is 6.10 Å². The van der Waals surface area contributed by atoms with E-state index in [9.17, 15) is 13.9 Å². The van der Waals surface area contributed by atoms with Crippen molar-refractivity contribution in [3.05, 3.63) is 35.4 Å². The highest BCUT2D eigenvalue weighted by Gasteiger charge is 2.34. The van der Waals surface area contributed by atoms with Gasteiger partial charge in [0.1, 0.15) is 11.6 Å². The summed E-state index contributed by atoms with van der Waals surface area (Å²) in [6.07, 6.45) is 0.726. The Hall–Kier alpha value is -0.960. The Morgan fingerprint density at radius 2 is 1.77 bits per heavy atom. The predicted octanol–water partition coefficient (Wildman–Crippen LogP) is 2.20. The summed E-state index contributed by atoms with van der Waals surface area (Å²) in [5, 5.41) is 9.28. The van der Waals surface area contributed by atoms with Crippen molar-refractivity contribution in [2.45, 2.75) is 24.9 Å². The van der Waals surface area contributed by atoms with Gasteiger partial charge in [-0.2, -0.15) is 0 Å². The van der Waals surface area contributed by atoms with E-state index in [0.717, 1.165) is 0 Å². The predicted molar refractivity (Wildman–Crippen MR) is 44.3 cm³/mol. The standard InChI is InChI=1S/C10H10F2O/c11-7-2-1-3-8(12)10(7)6-4-5-9(6)13/h1-3,6,9,13H,4-5H2. The second-order valence-electron chi connectivity index (χ2n) is 3.39. The fourth-order valence-corrected chi connectivity index (χ4v) is 1.68. The van der Waals surface area contributed by atoms with Crippen LogP contribution in [0, 0.1) is 11.6 Å². The largest absolute Gasteiger partial charge is 0.392 e. The summed E-state index contributed by atoms with van der Waals surface area (Å²) in [5.41, 5.74) is 0.0428. The highest BCUT2D eigenvalue weighted by molar-refractivity contribution is 5.26. The summed E-state index contributed by atoms with van der Waals surface area (Å²) in [4.78, 5) is 0. The number of rotatable bonds is 1. The SMILES string of the molecule is OC1CCC1c1c(F)cccc1F. The van der Waals surface area contributed by atoms with Crippen LogP contribution in [-0.2, 0) is 0 Å². The molecule has 0 spiro atoms. The molecule has 0 radical (unpaired) electrons. The Kier molecular flexibility index (Phi) is 2.04. The molecule has 2 rings (SSSR count). The van der Waals surface area contributed by atoms with Crippen LogP contribution in [0.2, 0.25) is 0 Å². The molecule has 1 aliphatic rings. The van der Waals surface area contributed by atoms with Crippen molar-refractivity contribution in [1.29, 1.82) is 0 Å². The molecule has 1 aromatic rings. The molecule has 0 aromatic heterocycles. The van der Waals surface area contributed by atoms with Gasteiger partial charge in [-0.15, -0.1) is 0 Å². The Morgan fingerprint density at radius 3 is 2.15 bits per heavy atom. The van der Waals surface area contributed by atoms with Crippen LogP contribution in [0.5, 0.6) is 0 Å². The molecular weight excluding hydrogens is 174 g/mol. The summed E-state index contributed by atoms with van der Waals surface area (Å²) in [5.74, 6) is -1.45. The average molecular weight is 184 g/mol. The second-order valence-corrected chi connectivity index (χ2v) is 3.39. The summed E-state index contributed by atoms with van der Waals surface area (Å²) < 4.78 is 26.3. The van der Waals surface area contributed by atoms with Gasteiger partial charge in [-0.3, -0.25) is 0 Å². The first-order chi connectivity index (χ1) is 6.20. The van der Waals surface area contributed by atoms with Crippen LogP contribution in [0.4, 0.5) is 8.78 Å². The van der Waals surface area contributed by atoms with Gasteiger partial charge in [0.15, 0.2) is 0 Å². The number of benzene rings is 1. The molecule has 1 aromatic carbocycles. The molecule has 1 aliphatic carbocycles. The lowest BCUT2D eigenvalue weighted by atomic mass is 9.77. The smallest absolute Gasteiger partial charge is 0.129 e. The van der Waals surface area contributed by atoms with E-state index in [4.69, 9.17) is 0 Å². The van der Waals surface area contributed by atoms with E-state index in [-0.39, 0.29) is 11.5 Å². The molecule has 0 saturated heterocycles. The molecule has 1 saturated carbocycles. The van der Waals surface area contributed by atoms with Crippen molar-refractivity contribution in [3.63, 3.8) is 0 Å². The normalized spacial score (nSPS) is 27.0. The van der Waals surface area contributed by atoms with E-state index < -0.39 is 17.7 Å². The molecule has 3 heteroatoms. The van der Waals surface area contributed by atoms with E-state index in [2.05, 4.69) is 0 Å². The molecular formula is C10H10F2O. The number of aliphatic hydroxyl groups is 1. The Balaban J connectivity index is 2.38. The minimum absolute atomic E-state index is 0.0428. The van der Waals surface area contributed by atoms with Crippen molar-refractivity contribution >= 4 is 0 Å². The van der Waals surface area contributed by atoms with Gasteiger partial charge in [-0.25, -0.2) is 8.78 Å². The van der Waals surface area contributed by atoms with E-state index in [0.29, 0.717) is 12.8 Å². The van der Waals surface area contributed by atoms with Crippen LogP contribution >= 0.6 is 0 Å². The van der Waals surface area contributed by atoms with Gasteiger partial charge >= 0.3 is 0 Å². The molecule has 1 fully saturated rings. The van der Waals surface area contributed by atoms with E-state index in [1.54, 1.807) is 0 Å². The van der Waals surface area contributed by atoms with Crippen molar-refractivity contribution < 1.29 is 13.9 Å². The molecule has 2 atom stereocenters. The third kappa shape index (κ3) is 1.33. The van der Waals surface area contributed by atoms with Crippen LogP contribution in [0.1, 0.15) is 24.3 Å². The van der Waals surface area contributed by atoms with Crippen LogP contribution in [-0.4, -0.2) is 11.2 Å². The van der Waals surface area contributed by atoms with Crippen molar-refractivity contribution in [2.24, 2.45) is 0 Å². The number of hydrogen-bond acceptors (Lipinski definition) is 1. The average Bonchev–Trinajstić information content (AvgIpc) is 2.09. The van der Waals surface area contributed by atoms with Gasteiger partial charge in [0, 0.05) is 11.5 Å². The van der Waals surface area contributed by atoms with Gasteiger partial charge < -0.3 is 5.11 Å². The van der Waals surface area contributed by atoms with Crippen molar-refractivity contribution in [3.8, 4) is 0 Å². The van der Waals surface area contributed by atoms with Crippen LogP contribution in [0.15, 0.2) is 18.2 Å². The second kappa shape index (κ2) is 3.07. The van der Waals surface area contributed by atoms with E-state index in [1.165, 1.54) is 18.2 Å². The zero-order valence-corrected chi connectivity index (χ0v) is 7.00. The molecule has 2 unspecified atom stereocenters. The monoisotopic (exact) mass is 184 g/mol. The van der Waals surface area contributed by atoms with Crippen LogP contribution in [0.25, 0.3) is 0 Å². The quantitative estimate of drug-likeness (QED) is 0.709. The summed E-state index contributed by atoms with van der Waals surface area (Å²) in [6.45, 7) is 0. The first-order valence-corrected chi connectivity index (χ1v) is 4.32. The minimum atomic E-state index is -0.577. The van der Waals surface area contributed by atoms with Crippen molar-refractivity contribution in [2.75, 3.05) is 0 Å². The summed E-state index contributed by atoms with van der Waals surface area (Å²) in [6, 6.07) is 3.78. The fourth-order valence-electron chi connectivity index (χ4n) is 1.68. The molecule has 0 amide bonds. The molecule has 1 N–H and O–H groups in total. The molecule has 13 heavy (non-hydrogen) atoms. The Bertz CT molecular complexity index is 304. The Labute approximate surface area is 75.0 Å². The zero-order chi connectivity index (χ0) is 9.42. The highest BCUT2D eigenvalue weighted by atomic mass is 19.1. The van der Waals surface area contributed by atoms with Gasteiger partial charge in [-0.1, -0.05) is 6.07 Å². The lowest BCUT2D eigenvalue weighted by molar-refractivity contribution is 0.0626. The first kappa shape index (κ1) is 8.63. The fraction of sp³-hybridized carbons (Fsp3) is 0.400. The molecule has 70 valence electrons. The number of hydrogen-bond donors (Lipinski definition) is 1. The topological polar surface area (TPSA) is 20.2 Å².